The van der Waals surface area contributed by atoms with Crippen molar-refractivity contribution >= 4 is 21.8 Å². The van der Waals surface area contributed by atoms with E-state index in [1.165, 1.54) is 6.07 Å². The Morgan fingerprint density at radius 2 is 1.57 bits per heavy atom. The van der Waals surface area contributed by atoms with Gasteiger partial charge in [0.05, 0.1) is 4.90 Å². The summed E-state index contributed by atoms with van der Waals surface area (Å²) < 4.78 is 27.9. The number of benzene rings is 2. The lowest BCUT2D eigenvalue weighted by molar-refractivity contribution is -0.121. The fraction of sp³-hybridized carbons (Fsp3) is 0.364. The molecule has 30 heavy (non-hydrogen) atoms. The van der Waals surface area contributed by atoms with E-state index in [2.05, 4.69) is 15.4 Å². The molecule has 2 amide bonds. The summed E-state index contributed by atoms with van der Waals surface area (Å²) >= 11 is 0. The van der Waals surface area contributed by atoms with Gasteiger partial charge >= 0.3 is 0 Å². The van der Waals surface area contributed by atoms with Crippen LogP contribution in [-0.4, -0.2) is 32.3 Å². The SMILES string of the molecule is Cc1ccccc1C(=O)NCCC(=O)NCc1ccccc1S(=O)(=O)NC(C)(C)C. The predicted octanol–water partition coefficient (Wildman–Crippen LogP) is 2.51. The molecular formula is C22H29N3O4S. The third-order valence-corrected chi connectivity index (χ3v) is 6.06. The van der Waals surface area contributed by atoms with Crippen LogP contribution >= 0.6 is 0 Å². The molecule has 0 saturated heterocycles. The third kappa shape index (κ3) is 6.96. The third-order valence-electron chi connectivity index (χ3n) is 4.21. The highest BCUT2D eigenvalue weighted by Crippen LogP contribution is 2.17. The summed E-state index contributed by atoms with van der Waals surface area (Å²) in [4.78, 5) is 24.5. The highest BCUT2D eigenvalue weighted by molar-refractivity contribution is 7.89. The van der Waals surface area contributed by atoms with Gasteiger partial charge in [-0.05, 0) is 51.0 Å². The van der Waals surface area contributed by atoms with Crippen molar-refractivity contribution in [1.29, 1.82) is 0 Å². The second-order valence-corrected chi connectivity index (χ2v) is 9.71. The van der Waals surface area contributed by atoms with Crippen molar-refractivity contribution < 1.29 is 18.0 Å². The van der Waals surface area contributed by atoms with Gasteiger partial charge in [-0.25, -0.2) is 13.1 Å². The summed E-state index contributed by atoms with van der Waals surface area (Å²) in [6.45, 7) is 7.40. The summed E-state index contributed by atoms with van der Waals surface area (Å²) in [7, 11) is -3.72. The maximum atomic E-state index is 12.7. The fourth-order valence-electron chi connectivity index (χ4n) is 2.86. The lowest BCUT2D eigenvalue weighted by atomic mass is 10.1. The highest BCUT2D eigenvalue weighted by atomic mass is 32.2. The first-order valence-electron chi connectivity index (χ1n) is 9.72. The van der Waals surface area contributed by atoms with Gasteiger partial charge in [0.15, 0.2) is 0 Å². The molecule has 0 aromatic heterocycles. The fourth-order valence-corrected chi connectivity index (χ4v) is 4.52. The average Bonchev–Trinajstić information content (AvgIpc) is 2.65. The average molecular weight is 432 g/mol. The van der Waals surface area contributed by atoms with E-state index in [-0.39, 0.29) is 36.2 Å². The molecule has 0 unspecified atom stereocenters. The summed E-state index contributed by atoms with van der Waals surface area (Å²) in [6, 6.07) is 13.8. The van der Waals surface area contributed by atoms with Crippen molar-refractivity contribution in [3.63, 3.8) is 0 Å². The second-order valence-electron chi connectivity index (χ2n) is 8.06. The highest BCUT2D eigenvalue weighted by Gasteiger charge is 2.24. The van der Waals surface area contributed by atoms with Crippen LogP contribution in [0.25, 0.3) is 0 Å². The summed E-state index contributed by atoms with van der Waals surface area (Å²) in [5.41, 5.74) is 1.31. The van der Waals surface area contributed by atoms with E-state index in [4.69, 9.17) is 0 Å². The summed E-state index contributed by atoms with van der Waals surface area (Å²) in [5, 5.41) is 5.44. The standard InChI is InChI=1S/C22H29N3O4S/c1-16-9-5-7-11-18(16)21(27)23-14-13-20(26)24-15-17-10-6-8-12-19(17)30(28,29)25-22(2,3)4/h5-12,25H,13-15H2,1-4H3,(H,23,27)(H,24,26). The number of aryl methyl sites for hydroxylation is 1. The molecule has 2 rings (SSSR count). The quantitative estimate of drug-likeness (QED) is 0.597. The molecule has 7 nitrogen and oxygen atoms in total. The lowest BCUT2D eigenvalue weighted by Gasteiger charge is -2.21. The molecule has 0 radical (unpaired) electrons. The topological polar surface area (TPSA) is 104 Å². The van der Waals surface area contributed by atoms with E-state index < -0.39 is 15.6 Å². The Kier molecular flexibility index (Phi) is 7.75. The number of hydrogen-bond acceptors (Lipinski definition) is 4. The number of rotatable bonds is 8. The van der Waals surface area contributed by atoms with E-state index in [0.29, 0.717) is 11.1 Å². The molecule has 0 saturated carbocycles. The van der Waals surface area contributed by atoms with Crippen LogP contribution in [0.2, 0.25) is 0 Å². The Morgan fingerprint density at radius 1 is 0.933 bits per heavy atom. The van der Waals surface area contributed by atoms with Crippen LogP contribution in [0, 0.1) is 6.92 Å². The lowest BCUT2D eigenvalue weighted by Crippen LogP contribution is -2.41. The van der Waals surface area contributed by atoms with Crippen molar-refractivity contribution in [2.45, 2.75) is 51.1 Å². The van der Waals surface area contributed by atoms with E-state index in [0.717, 1.165) is 5.56 Å². The molecule has 0 aliphatic heterocycles. The summed E-state index contributed by atoms with van der Waals surface area (Å²) in [6.07, 6.45) is 0.0901. The number of hydrogen-bond donors (Lipinski definition) is 3. The Bertz CT molecular complexity index is 1010. The second kappa shape index (κ2) is 9.86. The molecule has 2 aromatic rings. The van der Waals surface area contributed by atoms with Crippen LogP contribution in [0.4, 0.5) is 0 Å². The Hall–Kier alpha value is -2.71. The molecule has 0 atom stereocenters. The normalized spacial score (nSPS) is 11.7. The van der Waals surface area contributed by atoms with Gasteiger partial charge in [-0.1, -0.05) is 36.4 Å². The zero-order valence-electron chi connectivity index (χ0n) is 17.8. The molecule has 2 aromatic carbocycles. The Morgan fingerprint density at radius 3 is 2.23 bits per heavy atom. The number of carbonyl (C=O) groups excluding carboxylic acids is 2. The zero-order valence-corrected chi connectivity index (χ0v) is 18.6. The first kappa shape index (κ1) is 23.6. The van der Waals surface area contributed by atoms with Crippen LogP contribution in [-0.2, 0) is 21.4 Å². The molecule has 3 N–H and O–H groups in total. The minimum absolute atomic E-state index is 0.0752. The van der Waals surface area contributed by atoms with Crippen LogP contribution in [0.15, 0.2) is 53.4 Å². The van der Waals surface area contributed by atoms with E-state index in [9.17, 15) is 18.0 Å². The van der Waals surface area contributed by atoms with Gasteiger partial charge in [-0.15, -0.1) is 0 Å². The molecule has 0 spiro atoms. The predicted molar refractivity (Wildman–Crippen MR) is 116 cm³/mol. The van der Waals surface area contributed by atoms with Crippen LogP contribution < -0.4 is 15.4 Å². The number of nitrogens with one attached hydrogen (secondary N) is 3. The van der Waals surface area contributed by atoms with Gasteiger partial charge in [0, 0.05) is 30.6 Å². The van der Waals surface area contributed by atoms with Crippen molar-refractivity contribution in [3.05, 3.63) is 65.2 Å². The smallest absolute Gasteiger partial charge is 0.251 e. The van der Waals surface area contributed by atoms with Gasteiger partial charge in [-0.2, -0.15) is 0 Å². The monoisotopic (exact) mass is 431 g/mol. The van der Waals surface area contributed by atoms with Crippen LogP contribution in [0.3, 0.4) is 0 Å². The minimum atomic E-state index is -3.72. The van der Waals surface area contributed by atoms with Gasteiger partial charge in [0.1, 0.15) is 0 Å². The van der Waals surface area contributed by atoms with Gasteiger partial charge in [0.25, 0.3) is 5.91 Å². The van der Waals surface area contributed by atoms with E-state index in [1.54, 1.807) is 51.1 Å². The van der Waals surface area contributed by atoms with Crippen molar-refractivity contribution in [2.24, 2.45) is 0 Å². The van der Waals surface area contributed by atoms with Crippen molar-refractivity contribution in [1.82, 2.24) is 15.4 Å². The molecule has 162 valence electrons. The molecule has 0 aliphatic rings. The molecule has 0 heterocycles. The van der Waals surface area contributed by atoms with Gasteiger partial charge in [-0.3, -0.25) is 9.59 Å². The molecule has 8 heteroatoms. The maximum Gasteiger partial charge on any atom is 0.251 e. The Labute approximate surface area is 178 Å². The van der Waals surface area contributed by atoms with Crippen LogP contribution in [0.1, 0.15) is 48.7 Å². The molecular weight excluding hydrogens is 402 g/mol. The molecule has 0 bridgehead atoms. The number of sulfonamides is 1. The van der Waals surface area contributed by atoms with Crippen molar-refractivity contribution in [2.75, 3.05) is 6.54 Å². The van der Waals surface area contributed by atoms with E-state index in [1.807, 2.05) is 19.1 Å². The molecule has 0 aliphatic carbocycles. The zero-order chi connectivity index (χ0) is 22.4. The van der Waals surface area contributed by atoms with E-state index >= 15 is 0 Å². The largest absolute Gasteiger partial charge is 0.352 e. The minimum Gasteiger partial charge on any atom is -0.352 e. The molecule has 0 fully saturated rings. The van der Waals surface area contributed by atoms with Gasteiger partial charge in [0.2, 0.25) is 15.9 Å². The summed E-state index contributed by atoms with van der Waals surface area (Å²) in [5.74, 6) is -0.512. The Balaban J connectivity index is 1.91. The van der Waals surface area contributed by atoms with Crippen LogP contribution in [0.5, 0.6) is 0 Å². The van der Waals surface area contributed by atoms with Gasteiger partial charge < -0.3 is 10.6 Å². The van der Waals surface area contributed by atoms with Crippen molar-refractivity contribution in [3.8, 4) is 0 Å². The number of carbonyl (C=O) groups is 2. The first-order valence-corrected chi connectivity index (χ1v) is 11.2. The maximum absolute atomic E-state index is 12.7. The number of amides is 2. The first-order chi connectivity index (χ1) is 14.0.